The van der Waals surface area contributed by atoms with Crippen molar-refractivity contribution in [2.75, 3.05) is 41.2 Å². The molecule has 0 spiro atoms. The Hall–Kier alpha value is -2.16. The lowest BCUT2D eigenvalue weighted by atomic mass is 9.76. The summed E-state index contributed by atoms with van der Waals surface area (Å²) in [7, 11) is 4.80. The van der Waals surface area contributed by atoms with Gasteiger partial charge in [0, 0.05) is 55.6 Å². The van der Waals surface area contributed by atoms with E-state index in [1.165, 1.54) is 0 Å². The van der Waals surface area contributed by atoms with Gasteiger partial charge in [0.2, 0.25) is 0 Å². The van der Waals surface area contributed by atoms with Crippen LogP contribution in [0.5, 0.6) is 11.5 Å². The van der Waals surface area contributed by atoms with Crippen LogP contribution in [0.25, 0.3) is 0 Å². The summed E-state index contributed by atoms with van der Waals surface area (Å²) in [6.45, 7) is 8.86. The third kappa shape index (κ3) is 6.91. The zero-order chi connectivity index (χ0) is 24.4. The Morgan fingerprint density at radius 3 is 1.36 bits per heavy atom. The van der Waals surface area contributed by atoms with Crippen LogP contribution in [0, 0.1) is 0 Å². The van der Waals surface area contributed by atoms with Crippen molar-refractivity contribution < 1.29 is 33.9 Å². The molecule has 0 radical (unpaired) electrons. The van der Waals surface area contributed by atoms with E-state index in [1.54, 1.807) is 21.3 Å². The number of aromatic hydroxyl groups is 2. The molecule has 2 N–H and O–H groups in total. The average molecular weight is 463 g/mol. The topological polar surface area (TPSA) is 86.6 Å². The van der Waals surface area contributed by atoms with Gasteiger partial charge in [-0.05, 0) is 42.3 Å². The van der Waals surface area contributed by atoms with Gasteiger partial charge >= 0.3 is 0 Å². The first kappa shape index (κ1) is 27.1. The zero-order valence-electron chi connectivity index (χ0n) is 20.7. The molecule has 2 aromatic rings. The zero-order valence-corrected chi connectivity index (χ0v) is 20.7. The van der Waals surface area contributed by atoms with E-state index < -0.39 is 5.41 Å². The summed E-state index contributed by atoms with van der Waals surface area (Å²) >= 11 is 0. The fraction of sp³-hybridized carbons (Fsp3) is 0.538. The molecule has 33 heavy (non-hydrogen) atoms. The molecule has 0 atom stereocenters. The molecule has 0 saturated carbocycles. The molecule has 7 nitrogen and oxygen atoms in total. The van der Waals surface area contributed by atoms with E-state index in [9.17, 15) is 10.2 Å². The van der Waals surface area contributed by atoms with Crippen LogP contribution in [0.3, 0.4) is 0 Å². The minimum absolute atomic E-state index is 0.179. The van der Waals surface area contributed by atoms with Gasteiger partial charge in [-0.1, -0.05) is 13.8 Å². The van der Waals surface area contributed by atoms with Crippen LogP contribution in [0.1, 0.15) is 54.2 Å². The highest BCUT2D eigenvalue weighted by Gasteiger charge is 2.28. The van der Waals surface area contributed by atoms with Gasteiger partial charge in [-0.15, -0.1) is 0 Å². The van der Waals surface area contributed by atoms with Crippen molar-refractivity contribution in [1.29, 1.82) is 0 Å². The molecule has 0 bridgehead atoms. The minimum atomic E-state index is -0.449. The third-order valence-electron chi connectivity index (χ3n) is 5.71. The largest absolute Gasteiger partial charge is 0.507 e. The summed E-state index contributed by atoms with van der Waals surface area (Å²) < 4.78 is 27.0. The first-order chi connectivity index (χ1) is 15.8. The minimum Gasteiger partial charge on any atom is -0.507 e. The van der Waals surface area contributed by atoms with Crippen molar-refractivity contribution in [3.8, 4) is 11.5 Å². The highest BCUT2D eigenvalue weighted by Crippen LogP contribution is 2.39. The number of phenolic OH excluding ortho intramolecular Hbond substituents is 2. The molecule has 0 heterocycles. The standard InChI is InChI=1S/C26H38O7/c1-7-32-8-9-33-17-21-13-23(12-20(16-31-6)25(21)28)26(2,3)22-10-18(14-29-4)24(27)19(11-22)15-30-5/h10-13,27-28H,7-9,14-17H2,1-6H3. The number of methoxy groups -OCH3 is 3. The summed E-state index contributed by atoms with van der Waals surface area (Å²) in [6.07, 6.45) is 0. The van der Waals surface area contributed by atoms with Crippen LogP contribution in [0.4, 0.5) is 0 Å². The lowest BCUT2D eigenvalue weighted by Gasteiger charge is -2.29. The molecule has 0 aromatic heterocycles. The molecule has 0 saturated heterocycles. The second-order valence-electron chi connectivity index (χ2n) is 8.46. The number of benzene rings is 2. The Labute approximate surface area is 197 Å². The Morgan fingerprint density at radius 2 is 1.00 bits per heavy atom. The maximum atomic E-state index is 10.8. The van der Waals surface area contributed by atoms with Crippen LogP contribution in [0.15, 0.2) is 24.3 Å². The normalized spacial score (nSPS) is 11.8. The van der Waals surface area contributed by atoms with E-state index in [2.05, 4.69) is 13.8 Å². The molecular weight excluding hydrogens is 424 g/mol. The molecule has 0 aliphatic heterocycles. The summed E-state index contributed by atoms with van der Waals surface area (Å²) in [6, 6.07) is 7.84. The predicted molar refractivity (Wildman–Crippen MR) is 127 cm³/mol. The summed E-state index contributed by atoms with van der Waals surface area (Å²) in [4.78, 5) is 0. The molecular formula is C26H38O7. The van der Waals surface area contributed by atoms with Gasteiger partial charge in [0.05, 0.1) is 39.6 Å². The molecule has 184 valence electrons. The Morgan fingerprint density at radius 1 is 0.636 bits per heavy atom. The molecule has 2 rings (SSSR count). The van der Waals surface area contributed by atoms with Gasteiger partial charge in [0.1, 0.15) is 11.5 Å². The number of ether oxygens (including phenoxy) is 5. The quantitative estimate of drug-likeness (QED) is 0.402. The Kier molecular flexibility index (Phi) is 10.6. The number of hydrogen-bond acceptors (Lipinski definition) is 7. The van der Waals surface area contributed by atoms with Gasteiger partial charge in [-0.3, -0.25) is 0 Å². The highest BCUT2D eigenvalue weighted by molar-refractivity contribution is 5.52. The maximum absolute atomic E-state index is 10.8. The Balaban J connectivity index is 2.49. The lowest BCUT2D eigenvalue weighted by molar-refractivity contribution is 0.0445. The van der Waals surface area contributed by atoms with Crippen molar-refractivity contribution in [2.24, 2.45) is 0 Å². The summed E-state index contributed by atoms with van der Waals surface area (Å²) in [5.41, 5.74) is 4.33. The number of phenols is 2. The van der Waals surface area contributed by atoms with Crippen LogP contribution in [-0.4, -0.2) is 51.4 Å². The molecule has 0 unspecified atom stereocenters. The van der Waals surface area contributed by atoms with Crippen LogP contribution in [0.2, 0.25) is 0 Å². The SMILES string of the molecule is CCOCCOCc1cc(C(C)(C)c2cc(COC)c(O)c(COC)c2)cc(COC)c1O. The molecule has 0 amide bonds. The first-order valence-corrected chi connectivity index (χ1v) is 11.1. The second-order valence-corrected chi connectivity index (χ2v) is 8.46. The van der Waals surface area contributed by atoms with E-state index in [0.717, 1.165) is 11.1 Å². The van der Waals surface area contributed by atoms with Gasteiger partial charge in [-0.2, -0.15) is 0 Å². The predicted octanol–water partition coefficient (Wildman–Crippen LogP) is 4.42. The van der Waals surface area contributed by atoms with Gasteiger partial charge in [0.15, 0.2) is 0 Å². The van der Waals surface area contributed by atoms with Gasteiger partial charge in [-0.25, -0.2) is 0 Å². The fourth-order valence-corrected chi connectivity index (χ4v) is 3.76. The van der Waals surface area contributed by atoms with E-state index in [-0.39, 0.29) is 37.9 Å². The number of rotatable bonds is 14. The molecule has 0 fully saturated rings. The summed E-state index contributed by atoms with van der Waals surface area (Å²) in [5.74, 6) is 0.367. The molecule has 0 aliphatic carbocycles. The van der Waals surface area contributed by atoms with E-state index in [0.29, 0.717) is 42.1 Å². The van der Waals surface area contributed by atoms with Crippen molar-refractivity contribution in [1.82, 2.24) is 0 Å². The second kappa shape index (κ2) is 12.9. The maximum Gasteiger partial charge on any atom is 0.126 e. The van der Waals surface area contributed by atoms with Crippen LogP contribution in [-0.2, 0) is 55.5 Å². The van der Waals surface area contributed by atoms with Crippen molar-refractivity contribution in [2.45, 2.75) is 52.6 Å². The molecule has 7 heteroatoms. The smallest absolute Gasteiger partial charge is 0.126 e. The van der Waals surface area contributed by atoms with E-state index in [4.69, 9.17) is 23.7 Å². The van der Waals surface area contributed by atoms with Crippen LogP contribution < -0.4 is 0 Å². The van der Waals surface area contributed by atoms with Gasteiger partial charge < -0.3 is 33.9 Å². The fourth-order valence-electron chi connectivity index (χ4n) is 3.76. The van der Waals surface area contributed by atoms with Crippen molar-refractivity contribution >= 4 is 0 Å². The van der Waals surface area contributed by atoms with Gasteiger partial charge in [0.25, 0.3) is 0 Å². The van der Waals surface area contributed by atoms with Crippen molar-refractivity contribution in [3.63, 3.8) is 0 Å². The molecule has 2 aromatic carbocycles. The summed E-state index contributed by atoms with van der Waals surface area (Å²) in [5, 5.41) is 21.4. The monoisotopic (exact) mass is 462 g/mol. The van der Waals surface area contributed by atoms with Crippen LogP contribution >= 0.6 is 0 Å². The molecule has 0 aliphatic rings. The first-order valence-electron chi connectivity index (χ1n) is 11.1. The van der Waals surface area contributed by atoms with Crippen molar-refractivity contribution in [3.05, 3.63) is 57.6 Å². The average Bonchev–Trinajstić information content (AvgIpc) is 2.78. The highest BCUT2D eigenvalue weighted by atomic mass is 16.5. The number of hydrogen-bond donors (Lipinski definition) is 2. The Bertz CT molecular complexity index is 865. The third-order valence-corrected chi connectivity index (χ3v) is 5.71. The van der Waals surface area contributed by atoms with E-state index in [1.807, 2.05) is 31.2 Å². The van der Waals surface area contributed by atoms with E-state index >= 15 is 0 Å². The lowest BCUT2D eigenvalue weighted by Crippen LogP contribution is -2.21.